The lowest BCUT2D eigenvalue weighted by atomic mass is 9.82. The number of amides is 1. The summed E-state index contributed by atoms with van der Waals surface area (Å²) in [7, 11) is 0. The second-order valence-electron chi connectivity index (χ2n) is 7.05. The van der Waals surface area contributed by atoms with Crippen LogP contribution in [0.1, 0.15) is 30.2 Å². The maximum atomic E-state index is 13.2. The number of aromatic nitrogens is 1. The van der Waals surface area contributed by atoms with Crippen LogP contribution in [0.15, 0.2) is 36.4 Å². The van der Waals surface area contributed by atoms with E-state index in [-0.39, 0.29) is 24.2 Å². The van der Waals surface area contributed by atoms with Gasteiger partial charge in [0.1, 0.15) is 0 Å². The highest BCUT2D eigenvalue weighted by molar-refractivity contribution is 7.18. The van der Waals surface area contributed by atoms with Crippen LogP contribution in [0.4, 0.5) is 0 Å². The molecule has 1 aromatic carbocycles. The van der Waals surface area contributed by atoms with E-state index >= 15 is 0 Å². The predicted octanol–water partition coefficient (Wildman–Crippen LogP) is 3.05. The number of morpholine rings is 1. The monoisotopic (exact) mass is 386 g/mol. The third-order valence-electron chi connectivity index (χ3n) is 5.23. The summed E-state index contributed by atoms with van der Waals surface area (Å²) in [5.41, 5.74) is 0.978. The van der Waals surface area contributed by atoms with Gasteiger partial charge in [0.15, 0.2) is 0 Å². The van der Waals surface area contributed by atoms with Crippen molar-refractivity contribution in [2.24, 2.45) is 5.92 Å². The number of carboxylic acid groups (broad SMARTS) is 1. The fraction of sp³-hybridized carbons (Fsp3) is 0.450. The van der Waals surface area contributed by atoms with Crippen LogP contribution in [0.2, 0.25) is 0 Å². The molecule has 0 radical (unpaired) electrons. The molecule has 2 aromatic rings. The quantitative estimate of drug-likeness (QED) is 0.817. The largest absolute Gasteiger partial charge is 0.481 e. The maximum Gasteiger partial charge on any atom is 0.306 e. The lowest BCUT2D eigenvalue weighted by Gasteiger charge is -2.36. The SMILES string of the molecule is O=C(O)C[C@@H]1CN(C(=O)[C@H]2CC=CC[C@@H]2c2nc3ccccc3s2)CCO1. The Morgan fingerprint density at radius 1 is 1.26 bits per heavy atom. The van der Waals surface area contributed by atoms with Gasteiger partial charge in [-0.1, -0.05) is 24.3 Å². The Balaban J connectivity index is 1.54. The third kappa shape index (κ3) is 3.89. The molecule has 1 aliphatic carbocycles. The summed E-state index contributed by atoms with van der Waals surface area (Å²) >= 11 is 1.66. The van der Waals surface area contributed by atoms with Gasteiger partial charge in [-0.25, -0.2) is 4.98 Å². The van der Waals surface area contributed by atoms with Crippen molar-refractivity contribution in [3.63, 3.8) is 0 Å². The Bertz CT molecular complexity index is 845. The van der Waals surface area contributed by atoms with Crippen LogP contribution in [0.5, 0.6) is 0 Å². The van der Waals surface area contributed by atoms with Crippen LogP contribution in [0.3, 0.4) is 0 Å². The first-order chi connectivity index (χ1) is 13.1. The van der Waals surface area contributed by atoms with Gasteiger partial charge in [0.25, 0.3) is 0 Å². The maximum absolute atomic E-state index is 13.2. The van der Waals surface area contributed by atoms with Crippen LogP contribution in [-0.2, 0) is 14.3 Å². The van der Waals surface area contributed by atoms with Gasteiger partial charge in [0, 0.05) is 19.0 Å². The number of benzene rings is 1. The number of ether oxygens (including phenoxy) is 1. The second-order valence-corrected chi connectivity index (χ2v) is 8.11. The first-order valence-electron chi connectivity index (χ1n) is 9.24. The predicted molar refractivity (Wildman–Crippen MR) is 103 cm³/mol. The van der Waals surface area contributed by atoms with Crippen LogP contribution in [-0.4, -0.2) is 52.7 Å². The standard InChI is InChI=1S/C20H22N2O4S/c23-18(24)11-13-12-22(9-10-26-13)20(25)15-6-2-1-5-14(15)19-21-16-7-3-4-8-17(16)27-19/h1-4,7-8,13-15H,5-6,9-12H2,(H,23,24)/t13-,14+,15+/m1/s1. The summed E-state index contributed by atoms with van der Waals surface area (Å²) in [6.07, 6.45) is 5.20. The number of fused-ring (bicyclic) bond motifs is 1. The van der Waals surface area contributed by atoms with Gasteiger partial charge in [-0.3, -0.25) is 9.59 Å². The van der Waals surface area contributed by atoms with E-state index in [1.165, 1.54) is 0 Å². The second kappa shape index (κ2) is 7.78. The lowest BCUT2D eigenvalue weighted by molar-refractivity contribution is -0.150. The molecule has 142 valence electrons. The first-order valence-corrected chi connectivity index (χ1v) is 10.1. The van der Waals surface area contributed by atoms with Gasteiger partial charge in [-0.15, -0.1) is 11.3 Å². The fourth-order valence-electron chi connectivity index (χ4n) is 3.88. The Morgan fingerprint density at radius 2 is 2.07 bits per heavy atom. The highest BCUT2D eigenvalue weighted by Crippen LogP contribution is 2.39. The molecule has 1 aromatic heterocycles. The van der Waals surface area contributed by atoms with Gasteiger partial charge >= 0.3 is 5.97 Å². The summed E-state index contributed by atoms with van der Waals surface area (Å²) in [5, 5.41) is 10.0. The van der Waals surface area contributed by atoms with E-state index in [2.05, 4.69) is 18.2 Å². The van der Waals surface area contributed by atoms with Crippen LogP contribution >= 0.6 is 11.3 Å². The number of thiazole rings is 1. The molecule has 1 aliphatic heterocycles. The number of carboxylic acids is 1. The molecule has 0 unspecified atom stereocenters. The summed E-state index contributed by atoms with van der Waals surface area (Å²) in [6.45, 7) is 1.25. The fourth-order valence-corrected chi connectivity index (χ4v) is 5.03. The summed E-state index contributed by atoms with van der Waals surface area (Å²) in [4.78, 5) is 30.8. The molecule has 0 bridgehead atoms. The minimum atomic E-state index is -0.901. The van der Waals surface area contributed by atoms with E-state index in [1.54, 1.807) is 16.2 Å². The van der Waals surface area contributed by atoms with E-state index in [1.807, 2.05) is 18.2 Å². The van der Waals surface area contributed by atoms with E-state index in [9.17, 15) is 9.59 Å². The molecule has 1 fully saturated rings. The topological polar surface area (TPSA) is 79.7 Å². The number of allylic oxidation sites excluding steroid dienone is 2. The van der Waals surface area contributed by atoms with Crippen molar-refractivity contribution >= 4 is 33.4 Å². The number of hydrogen-bond acceptors (Lipinski definition) is 5. The molecule has 6 nitrogen and oxygen atoms in total. The number of rotatable bonds is 4. The molecule has 2 heterocycles. The van der Waals surface area contributed by atoms with Crippen LogP contribution in [0, 0.1) is 5.92 Å². The van der Waals surface area contributed by atoms with Crippen molar-refractivity contribution in [2.45, 2.75) is 31.3 Å². The molecular formula is C20H22N2O4S. The minimum absolute atomic E-state index is 0.0701. The van der Waals surface area contributed by atoms with E-state index in [4.69, 9.17) is 14.8 Å². The number of carbonyl (C=O) groups excluding carboxylic acids is 1. The average molecular weight is 386 g/mol. The minimum Gasteiger partial charge on any atom is -0.481 e. The van der Waals surface area contributed by atoms with Gasteiger partial charge < -0.3 is 14.7 Å². The van der Waals surface area contributed by atoms with E-state index < -0.39 is 12.1 Å². The van der Waals surface area contributed by atoms with Crippen LogP contribution < -0.4 is 0 Å². The molecule has 4 rings (SSSR count). The molecule has 1 amide bonds. The molecule has 1 saturated heterocycles. The van der Waals surface area contributed by atoms with Crippen LogP contribution in [0.25, 0.3) is 10.2 Å². The summed E-state index contributed by atoms with van der Waals surface area (Å²) in [5.74, 6) is -0.899. The van der Waals surface area contributed by atoms with Gasteiger partial charge in [0.2, 0.25) is 5.91 Å². The molecule has 0 spiro atoms. The smallest absolute Gasteiger partial charge is 0.306 e. The van der Waals surface area contributed by atoms with Crippen molar-refractivity contribution in [1.29, 1.82) is 0 Å². The normalized spacial score (nSPS) is 25.6. The molecule has 0 saturated carbocycles. The Hall–Kier alpha value is -2.25. The molecule has 1 N–H and O–H groups in total. The van der Waals surface area contributed by atoms with Crippen molar-refractivity contribution in [3.05, 3.63) is 41.4 Å². The molecule has 7 heteroatoms. The molecule has 3 atom stereocenters. The molecule has 27 heavy (non-hydrogen) atoms. The Morgan fingerprint density at radius 3 is 2.89 bits per heavy atom. The van der Waals surface area contributed by atoms with Gasteiger partial charge in [-0.2, -0.15) is 0 Å². The summed E-state index contributed by atoms with van der Waals surface area (Å²) in [6, 6.07) is 8.04. The highest BCUT2D eigenvalue weighted by atomic mass is 32.1. The highest BCUT2D eigenvalue weighted by Gasteiger charge is 2.36. The number of nitrogens with zero attached hydrogens (tertiary/aromatic N) is 2. The van der Waals surface area contributed by atoms with Crippen molar-refractivity contribution in [3.8, 4) is 0 Å². The summed E-state index contributed by atoms with van der Waals surface area (Å²) < 4.78 is 6.65. The number of hydrogen-bond donors (Lipinski definition) is 1. The third-order valence-corrected chi connectivity index (χ3v) is 6.40. The first kappa shape index (κ1) is 18.1. The number of carbonyl (C=O) groups is 2. The van der Waals surface area contributed by atoms with Crippen molar-refractivity contribution < 1.29 is 19.4 Å². The van der Waals surface area contributed by atoms with Crippen molar-refractivity contribution in [2.75, 3.05) is 19.7 Å². The zero-order valence-electron chi connectivity index (χ0n) is 14.9. The number of aliphatic carboxylic acids is 1. The van der Waals surface area contributed by atoms with Gasteiger partial charge in [-0.05, 0) is 25.0 Å². The molecular weight excluding hydrogens is 364 g/mol. The van der Waals surface area contributed by atoms with Gasteiger partial charge in [0.05, 0.1) is 40.3 Å². The Kier molecular flexibility index (Phi) is 5.22. The Labute approximate surface area is 161 Å². The average Bonchev–Trinajstić information content (AvgIpc) is 3.11. The zero-order valence-corrected chi connectivity index (χ0v) is 15.7. The van der Waals surface area contributed by atoms with Crippen molar-refractivity contribution in [1.82, 2.24) is 9.88 Å². The van der Waals surface area contributed by atoms with E-state index in [0.717, 1.165) is 21.6 Å². The zero-order chi connectivity index (χ0) is 18.8. The van der Waals surface area contributed by atoms with E-state index in [0.29, 0.717) is 26.1 Å². The lowest BCUT2D eigenvalue weighted by Crippen LogP contribution is -2.49. The molecule has 2 aliphatic rings. The number of para-hydroxylation sites is 1.